The Hall–Kier alpha value is -7.56. The van der Waals surface area contributed by atoms with E-state index < -0.39 is 0 Å². The van der Waals surface area contributed by atoms with Gasteiger partial charge in [-0.05, 0) is 90.5 Å². The van der Waals surface area contributed by atoms with Crippen LogP contribution in [0.2, 0.25) is 0 Å². The Balaban J connectivity index is 0.993. The highest BCUT2D eigenvalue weighted by Gasteiger charge is 2.26. The first-order valence-corrected chi connectivity index (χ1v) is 20.9. The van der Waals surface area contributed by atoms with Crippen LogP contribution >= 0.6 is 0 Å². The minimum Gasteiger partial charge on any atom is -0.367 e. The molecule has 0 aliphatic heterocycles. The van der Waals surface area contributed by atoms with Crippen molar-refractivity contribution in [2.75, 3.05) is 16.8 Å². The van der Waals surface area contributed by atoms with Gasteiger partial charge >= 0.3 is 0 Å². The molecule has 288 valence electrons. The van der Waals surface area contributed by atoms with E-state index in [9.17, 15) is 0 Å². The number of benzene rings is 8. The molecule has 0 spiro atoms. The second-order valence-corrected chi connectivity index (χ2v) is 15.9. The van der Waals surface area contributed by atoms with Crippen molar-refractivity contribution in [2.24, 2.45) is 5.92 Å². The first-order chi connectivity index (χ1) is 29.6. The number of hydrogen-bond acceptors (Lipinski definition) is 2. The summed E-state index contributed by atoms with van der Waals surface area (Å²) in [7, 11) is 2.23. The molecular formula is C56H44N4. The largest absolute Gasteiger partial charge is 0.367 e. The van der Waals surface area contributed by atoms with Crippen LogP contribution in [0, 0.1) is 5.92 Å². The maximum atomic E-state index is 2.44. The van der Waals surface area contributed by atoms with Crippen LogP contribution in [0.25, 0.3) is 66.1 Å². The molecule has 2 heterocycles. The van der Waals surface area contributed by atoms with Crippen molar-refractivity contribution in [1.82, 2.24) is 9.13 Å². The number of hydrogen-bond donors (Lipinski definition) is 0. The lowest BCUT2D eigenvalue weighted by molar-refractivity contribution is 0.588. The Labute approximate surface area is 350 Å². The normalized spacial score (nSPS) is 15.2. The standard InChI is InChI=1S/C56H44N4/c1-39-38-45(36-37-51(39)57(2)52-23-11-6-18-46(52)40-16-4-3-5-17-40)58(41-28-32-43(33-29-41)59-53-24-12-7-19-47(53)48-20-8-13-25-54(48)59)42-30-34-44(35-31-42)60-55-26-14-9-21-49(55)50-22-10-15-27-56(50)60/h3-39,51H,1-2H3/t39-,51?/m1/s1. The summed E-state index contributed by atoms with van der Waals surface area (Å²) >= 11 is 0. The average Bonchev–Trinajstić information content (AvgIpc) is 3.83. The number of rotatable bonds is 8. The minimum absolute atomic E-state index is 0.177. The van der Waals surface area contributed by atoms with Crippen LogP contribution in [0.4, 0.5) is 17.1 Å². The molecule has 10 aromatic rings. The summed E-state index contributed by atoms with van der Waals surface area (Å²) in [6.07, 6.45) is 7.13. The summed E-state index contributed by atoms with van der Waals surface area (Å²) in [5, 5.41) is 5.05. The zero-order valence-corrected chi connectivity index (χ0v) is 33.7. The van der Waals surface area contributed by atoms with Gasteiger partial charge in [0.15, 0.2) is 0 Å². The first kappa shape index (κ1) is 35.6. The van der Waals surface area contributed by atoms with Gasteiger partial charge in [-0.1, -0.05) is 140 Å². The molecule has 0 N–H and O–H groups in total. The van der Waals surface area contributed by atoms with Crippen molar-refractivity contribution in [3.63, 3.8) is 0 Å². The Morgan fingerprint density at radius 3 is 1.32 bits per heavy atom. The van der Waals surface area contributed by atoms with Gasteiger partial charge in [-0.2, -0.15) is 0 Å². The molecular weight excluding hydrogens is 729 g/mol. The van der Waals surface area contributed by atoms with E-state index in [0.29, 0.717) is 0 Å². The molecule has 4 heteroatoms. The fourth-order valence-corrected chi connectivity index (χ4v) is 9.58. The second kappa shape index (κ2) is 14.7. The fraction of sp³-hybridized carbons (Fsp3) is 0.0714. The molecule has 1 unspecified atom stereocenters. The number of para-hydroxylation sites is 5. The Morgan fingerprint density at radius 2 is 0.850 bits per heavy atom. The summed E-state index contributed by atoms with van der Waals surface area (Å²) in [5.41, 5.74) is 14.2. The molecule has 4 nitrogen and oxygen atoms in total. The van der Waals surface area contributed by atoms with Crippen LogP contribution in [0.15, 0.2) is 224 Å². The van der Waals surface area contributed by atoms with Gasteiger partial charge in [0.2, 0.25) is 0 Å². The number of likely N-dealkylation sites (N-methyl/N-ethyl adjacent to an activating group) is 1. The lowest BCUT2D eigenvalue weighted by Gasteiger charge is -2.37. The maximum Gasteiger partial charge on any atom is 0.0541 e. The van der Waals surface area contributed by atoms with Crippen LogP contribution < -0.4 is 9.80 Å². The van der Waals surface area contributed by atoms with E-state index in [1.807, 2.05) is 0 Å². The van der Waals surface area contributed by atoms with E-state index in [1.165, 1.54) is 60.4 Å². The summed E-state index contributed by atoms with van der Waals surface area (Å²) in [6, 6.07) is 72.6. The number of aromatic nitrogens is 2. The number of allylic oxidation sites excluding steroid dienone is 1. The van der Waals surface area contributed by atoms with Crippen molar-refractivity contribution in [3.8, 4) is 22.5 Å². The molecule has 2 aromatic heterocycles. The lowest BCUT2D eigenvalue weighted by atomic mass is 9.92. The third kappa shape index (κ3) is 5.91. The monoisotopic (exact) mass is 772 g/mol. The first-order valence-electron chi connectivity index (χ1n) is 20.9. The van der Waals surface area contributed by atoms with Gasteiger partial charge in [-0.25, -0.2) is 0 Å². The van der Waals surface area contributed by atoms with Crippen LogP contribution in [0.5, 0.6) is 0 Å². The van der Waals surface area contributed by atoms with E-state index in [1.54, 1.807) is 0 Å². The predicted octanol–water partition coefficient (Wildman–Crippen LogP) is 14.3. The Kier molecular flexibility index (Phi) is 8.70. The molecule has 0 bridgehead atoms. The van der Waals surface area contributed by atoms with Crippen LogP contribution in [-0.2, 0) is 0 Å². The van der Waals surface area contributed by atoms with Crippen molar-refractivity contribution in [3.05, 3.63) is 224 Å². The van der Waals surface area contributed by atoms with Crippen LogP contribution in [-0.4, -0.2) is 22.2 Å². The third-order valence-electron chi connectivity index (χ3n) is 12.4. The van der Waals surface area contributed by atoms with Gasteiger partial charge in [0.05, 0.1) is 28.1 Å². The number of nitrogens with zero attached hydrogens (tertiary/aromatic N) is 4. The van der Waals surface area contributed by atoms with Gasteiger partial charge in [-0.3, -0.25) is 0 Å². The third-order valence-corrected chi connectivity index (χ3v) is 12.4. The quantitative estimate of drug-likeness (QED) is 0.153. The molecule has 0 saturated heterocycles. The fourth-order valence-electron chi connectivity index (χ4n) is 9.58. The summed E-state index contributed by atoms with van der Waals surface area (Å²) in [4.78, 5) is 4.84. The van der Waals surface area contributed by atoms with Crippen molar-refractivity contribution < 1.29 is 0 Å². The topological polar surface area (TPSA) is 16.3 Å². The smallest absolute Gasteiger partial charge is 0.0541 e. The van der Waals surface area contributed by atoms with Crippen LogP contribution in [0.1, 0.15) is 6.92 Å². The van der Waals surface area contributed by atoms with Gasteiger partial charge < -0.3 is 18.9 Å². The van der Waals surface area contributed by atoms with Crippen molar-refractivity contribution >= 4 is 60.7 Å². The second-order valence-electron chi connectivity index (χ2n) is 15.9. The molecule has 1 aliphatic rings. The van der Waals surface area contributed by atoms with Gasteiger partial charge in [0, 0.05) is 74.2 Å². The van der Waals surface area contributed by atoms with E-state index in [-0.39, 0.29) is 12.0 Å². The Morgan fingerprint density at radius 1 is 0.433 bits per heavy atom. The van der Waals surface area contributed by atoms with E-state index >= 15 is 0 Å². The van der Waals surface area contributed by atoms with Crippen LogP contribution in [0.3, 0.4) is 0 Å². The molecule has 2 atom stereocenters. The molecule has 0 fully saturated rings. The molecule has 0 amide bonds. The highest BCUT2D eigenvalue weighted by Crippen LogP contribution is 2.40. The Bertz CT molecular complexity index is 2980. The molecule has 0 radical (unpaired) electrons. The number of anilines is 3. The summed E-state index contributed by atoms with van der Waals surface area (Å²) < 4.78 is 4.77. The number of fused-ring (bicyclic) bond motifs is 6. The van der Waals surface area contributed by atoms with Gasteiger partial charge in [0.1, 0.15) is 0 Å². The molecule has 8 aromatic carbocycles. The van der Waals surface area contributed by atoms with E-state index in [4.69, 9.17) is 0 Å². The predicted molar refractivity (Wildman–Crippen MR) is 254 cm³/mol. The molecule has 60 heavy (non-hydrogen) atoms. The lowest BCUT2D eigenvalue weighted by Crippen LogP contribution is -2.37. The SMILES string of the molecule is C[C@@H]1C=C(N(c2ccc(-n3c4ccccc4c4ccccc43)cc2)c2ccc(-n3c4ccccc4c4ccccc43)cc2)C=CC1N(C)c1ccccc1-c1ccccc1. The zero-order valence-electron chi connectivity index (χ0n) is 33.7. The molecule has 1 aliphatic carbocycles. The average molecular weight is 773 g/mol. The zero-order chi connectivity index (χ0) is 40.2. The van der Waals surface area contributed by atoms with E-state index in [2.05, 4.69) is 251 Å². The highest BCUT2D eigenvalue weighted by atomic mass is 15.2. The minimum atomic E-state index is 0.177. The summed E-state index contributed by atoms with van der Waals surface area (Å²) in [5.74, 6) is 0.232. The highest BCUT2D eigenvalue weighted by molar-refractivity contribution is 6.10. The molecule has 11 rings (SSSR count). The van der Waals surface area contributed by atoms with Crippen molar-refractivity contribution in [1.29, 1.82) is 0 Å². The summed E-state index contributed by atoms with van der Waals surface area (Å²) in [6.45, 7) is 2.34. The van der Waals surface area contributed by atoms with Gasteiger partial charge in [0.25, 0.3) is 0 Å². The van der Waals surface area contributed by atoms with Gasteiger partial charge in [-0.15, -0.1) is 0 Å². The molecule has 0 saturated carbocycles. The van der Waals surface area contributed by atoms with Crippen molar-refractivity contribution in [2.45, 2.75) is 13.0 Å². The maximum absolute atomic E-state index is 2.44. The van der Waals surface area contributed by atoms with E-state index in [0.717, 1.165) is 28.4 Å².